The Hall–Kier alpha value is -2.24. The average Bonchev–Trinajstić information content (AvgIpc) is 2.93. The van der Waals surface area contributed by atoms with Crippen LogP contribution in [0.25, 0.3) is 0 Å². The molecule has 1 aromatic rings. The molecule has 1 atom stereocenters. The molecule has 1 aliphatic rings. The van der Waals surface area contributed by atoms with Crippen molar-refractivity contribution in [3.8, 4) is 0 Å². The number of carboxylic acids is 1. The van der Waals surface area contributed by atoms with Gasteiger partial charge in [-0.15, -0.1) is 11.8 Å². The number of carboxylic acid groups (broad SMARTS) is 1. The molecule has 1 aliphatic heterocycles. The summed E-state index contributed by atoms with van der Waals surface area (Å²) in [6.45, 7) is 0. The fourth-order valence-electron chi connectivity index (χ4n) is 1.85. The number of thioether (sulfide) groups is 1. The van der Waals surface area contributed by atoms with Crippen molar-refractivity contribution < 1.29 is 41.0 Å². The molecule has 1 aromatic carbocycles. The standard InChI is InChI=1S/C13H8F6N2O3S/c14-12(15,16)6-1-5(2-7(3-6)13(17,18)19)9(22)21-11-20-8(4-25-11)10(23)24/h1-3,11H,4H2,(H,21,22)(H,23,24). The van der Waals surface area contributed by atoms with Gasteiger partial charge in [0.25, 0.3) is 5.91 Å². The molecule has 2 rings (SSSR count). The summed E-state index contributed by atoms with van der Waals surface area (Å²) in [5.41, 5.74) is -5.48. The van der Waals surface area contributed by atoms with Crippen LogP contribution in [0.4, 0.5) is 26.3 Å². The van der Waals surface area contributed by atoms with Crippen molar-refractivity contribution in [1.29, 1.82) is 0 Å². The summed E-state index contributed by atoms with van der Waals surface area (Å²) in [5.74, 6) is -2.62. The molecule has 136 valence electrons. The molecule has 5 nitrogen and oxygen atoms in total. The molecule has 0 fully saturated rings. The number of carbonyl (C=O) groups excluding carboxylic acids is 1. The largest absolute Gasteiger partial charge is 0.477 e. The van der Waals surface area contributed by atoms with Crippen LogP contribution >= 0.6 is 11.8 Å². The fraction of sp³-hybridized carbons (Fsp3) is 0.308. The topological polar surface area (TPSA) is 78.8 Å². The number of benzene rings is 1. The Morgan fingerprint density at radius 3 is 2.00 bits per heavy atom. The number of aliphatic imine (C=N–C) groups is 1. The third-order valence-electron chi connectivity index (χ3n) is 3.00. The summed E-state index contributed by atoms with van der Waals surface area (Å²) in [6.07, 6.45) is -10.2. The second-order valence-corrected chi connectivity index (χ2v) is 5.88. The van der Waals surface area contributed by atoms with E-state index in [2.05, 4.69) is 10.3 Å². The normalized spacial score (nSPS) is 18.0. The van der Waals surface area contributed by atoms with Gasteiger partial charge in [-0.2, -0.15) is 26.3 Å². The number of hydrogen-bond acceptors (Lipinski definition) is 4. The van der Waals surface area contributed by atoms with Gasteiger partial charge in [0.1, 0.15) is 5.71 Å². The van der Waals surface area contributed by atoms with E-state index in [-0.39, 0.29) is 29.7 Å². The molecule has 2 N–H and O–H groups in total. The predicted octanol–water partition coefficient (Wildman–Crippen LogP) is 3.01. The molecule has 1 unspecified atom stereocenters. The Kier molecular flexibility index (Phi) is 5.02. The highest BCUT2D eigenvalue weighted by Gasteiger charge is 2.37. The van der Waals surface area contributed by atoms with E-state index < -0.39 is 46.4 Å². The van der Waals surface area contributed by atoms with Crippen LogP contribution < -0.4 is 5.32 Å². The van der Waals surface area contributed by atoms with Crippen molar-refractivity contribution in [2.24, 2.45) is 4.99 Å². The summed E-state index contributed by atoms with van der Waals surface area (Å²) in [5, 5.41) is 10.8. The van der Waals surface area contributed by atoms with E-state index in [4.69, 9.17) is 5.11 Å². The Bertz CT molecular complexity index is 712. The third-order valence-corrected chi connectivity index (χ3v) is 3.98. The van der Waals surface area contributed by atoms with Crippen molar-refractivity contribution in [3.05, 3.63) is 34.9 Å². The fourth-order valence-corrected chi connectivity index (χ4v) is 2.75. The van der Waals surface area contributed by atoms with Crippen molar-refractivity contribution in [2.45, 2.75) is 17.9 Å². The first-order valence-corrected chi connectivity index (χ1v) is 7.44. The lowest BCUT2D eigenvalue weighted by molar-refractivity contribution is -0.143. The maximum absolute atomic E-state index is 12.8. The minimum atomic E-state index is -5.08. The summed E-state index contributed by atoms with van der Waals surface area (Å²) in [7, 11) is 0. The van der Waals surface area contributed by atoms with Crippen molar-refractivity contribution in [3.63, 3.8) is 0 Å². The summed E-state index contributed by atoms with van der Waals surface area (Å²) >= 11 is 0.860. The van der Waals surface area contributed by atoms with E-state index in [1.54, 1.807) is 0 Å². The quantitative estimate of drug-likeness (QED) is 0.783. The smallest absolute Gasteiger partial charge is 0.416 e. The zero-order valence-electron chi connectivity index (χ0n) is 11.9. The zero-order chi connectivity index (χ0) is 19.0. The van der Waals surface area contributed by atoms with Crippen LogP contribution in [-0.4, -0.2) is 33.9 Å². The third kappa shape index (κ3) is 4.65. The number of nitrogens with one attached hydrogen (secondary N) is 1. The number of aliphatic carboxylic acids is 1. The lowest BCUT2D eigenvalue weighted by atomic mass is 10.0. The minimum Gasteiger partial charge on any atom is -0.477 e. The Balaban J connectivity index is 2.31. The molecule has 0 radical (unpaired) electrons. The number of halogens is 6. The van der Waals surface area contributed by atoms with E-state index in [1.165, 1.54) is 0 Å². The Morgan fingerprint density at radius 2 is 1.60 bits per heavy atom. The lowest BCUT2D eigenvalue weighted by Crippen LogP contribution is -2.30. The molecule has 1 heterocycles. The molecule has 1 amide bonds. The van der Waals surface area contributed by atoms with Crippen LogP contribution in [0.3, 0.4) is 0 Å². The van der Waals surface area contributed by atoms with E-state index in [9.17, 15) is 35.9 Å². The van der Waals surface area contributed by atoms with Gasteiger partial charge in [0.05, 0.1) is 11.1 Å². The second kappa shape index (κ2) is 6.58. The monoisotopic (exact) mass is 386 g/mol. The number of nitrogens with zero attached hydrogens (tertiary/aromatic N) is 1. The molecule has 12 heteroatoms. The van der Waals surface area contributed by atoms with Crippen LogP contribution in [0.1, 0.15) is 21.5 Å². The highest BCUT2D eigenvalue weighted by atomic mass is 32.2. The highest BCUT2D eigenvalue weighted by Crippen LogP contribution is 2.36. The van der Waals surface area contributed by atoms with Crippen LogP contribution in [-0.2, 0) is 17.1 Å². The number of carbonyl (C=O) groups is 2. The molecule has 0 spiro atoms. The Labute approximate surface area is 140 Å². The molecule has 0 aliphatic carbocycles. The van der Waals surface area contributed by atoms with Gasteiger partial charge in [0, 0.05) is 11.3 Å². The molecular formula is C13H8F6N2O3S. The van der Waals surface area contributed by atoms with E-state index in [0.29, 0.717) is 0 Å². The van der Waals surface area contributed by atoms with Crippen molar-refractivity contribution in [2.75, 3.05) is 5.75 Å². The summed E-state index contributed by atoms with van der Waals surface area (Å²) < 4.78 is 76.5. The molecule has 0 bridgehead atoms. The first-order chi connectivity index (χ1) is 11.4. The maximum atomic E-state index is 12.8. The number of hydrogen-bond donors (Lipinski definition) is 2. The van der Waals surface area contributed by atoms with Crippen LogP contribution in [0.15, 0.2) is 23.2 Å². The van der Waals surface area contributed by atoms with Crippen molar-refractivity contribution >= 4 is 29.4 Å². The van der Waals surface area contributed by atoms with Gasteiger partial charge in [-0.1, -0.05) is 0 Å². The van der Waals surface area contributed by atoms with Gasteiger partial charge < -0.3 is 10.4 Å². The van der Waals surface area contributed by atoms with E-state index in [1.807, 2.05) is 0 Å². The van der Waals surface area contributed by atoms with Crippen LogP contribution in [0.5, 0.6) is 0 Å². The zero-order valence-corrected chi connectivity index (χ0v) is 12.7. The van der Waals surface area contributed by atoms with Gasteiger partial charge in [0.15, 0.2) is 5.50 Å². The molecule has 25 heavy (non-hydrogen) atoms. The van der Waals surface area contributed by atoms with E-state index >= 15 is 0 Å². The van der Waals surface area contributed by atoms with Crippen LogP contribution in [0.2, 0.25) is 0 Å². The average molecular weight is 386 g/mol. The van der Waals surface area contributed by atoms with Gasteiger partial charge in [-0.3, -0.25) is 4.79 Å². The maximum Gasteiger partial charge on any atom is 0.416 e. The first-order valence-electron chi connectivity index (χ1n) is 6.40. The second-order valence-electron chi connectivity index (χ2n) is 4.81. The van der Waals surface area contributed by atoms with Crippen LogP contribution in [0, 0.1) is 0 Å². The predicted molar refractivity (Wildman–Crippen MR) is 75.2 cm³/mol. The minimum absolute atomic E-state index is 0.0589. The number of alkyl halides is 6. The number of rotatable bonds is 3. The van der Waals surface area contributed by atoms with Crippen molar-refractivity contribution in [1.82, 2.24) is 5.32 Å². The van der Waals surface area contributed by atoms with E-state index in [0.717, 1.165) is 11.8 Å². The molecule has 0 saturated heterocycles. The SMILES string of the molecule is O=C(O)C1=NC(NC(=O)c2cc(C(F)(F)F)cc(C(F)(F)F)c2)SC1. The highest BCUT2D eigenvalue weighted by molar-refractivity contribution is 8.01. The van der Waals surface area contributed by atoms with Gasteiger partial charge in [0.2, 0.25) is 0 Å². The summed E-state index contributed by atoms with van der Waals surface area (Å²) in [4.78, 5) is 26.3. The molecular weight excluding hydrogens is 378 g/mol. The first kappa shape index (κ1) is 19.1. The number of amides is 1. The summed E-state index contributed by atoms with van der Waals surface area (Å²) in [6, 6.07) is 0.472. The lowest BCUT2D eigenvalue weighted by Gasteiger charge is -2.15. The van der Waals surface area contributed by atoms with Gasteiger partial charge >= 0.3 is 18.3 Å². The Morgan fingerprint density at radius 1 is 1.08 bits per heavy atom. The molecule has 0 aromatic heterocycles. The molecule has 0 saturated carbocycles. The van der Waals surface area contributed by atoms with Gasteiger partial charge in [-0.05, 0) is 18.2 Å². The van der Waals surface area contributed by atoms with Gasteiger partial charge in [-0.25, -0.2) is 9.79 Å².